The third-order valence-electron chi connectivity index (χ3n) is 2.77. The molecule has 0 aliphatic heterocycles. The van der Waals surface area contributed by atoms with Crippen LogP contribution in [0.1, 0.15) is 30.0 Å². The van der Waals surface area contributed by atoms with Crippen LogP contribution in [0.4, 0.5) is 13.2 Å². The van der Waals surface area contributed by atoms with Crippen molar-refractivity contribution in [1.82, 2.24) is 4.98 Å². The van der Waals surface area contributed by atoms with Gasteiger partial charge in [0.05, 0.1) is 5.69 Å². The van der Waals surface area contributed by atoms with Crippen molar-refractivity contribution in [3.63, 3.8) is 0 Å². The normalized spacial score (nSPS) is 19.2. The Morgan fingerprint density at radius 1 is 1.47 bits per heavy atom. The Labute approximate surface area is 89.3 Å². The monoisotopic (exact) mass is 236 g/mol. The van der Waals surface area contributed by atoms with Crippen molar-refractivity contribution in [2.45, 2.75) is 30.9 Å². The van der Waals surface area contributed by atoms with E-state index >= 15 is 0 Å². The van der Waals surface area contributed by atoms with E-state index in [9.17, 15) is 13.2 Å². The van der Waals surface area contributed by atoms with Crippen LogP contribution in [0.15, 0.2) is 5.38 Å². The highest BCUT2D eigenvalue weighted by Crippen LogP contribution is 2.51. The second-order valence-electron chi connectivity index (χ2n) is 3.85. The average Bonchev–Trinajstić information content (AvgIpc) is 2.75. The van der Waals surface area contributed by atoms with Crippen LogP contribution in [-0.2, 0) is 11.6 Å². The molecule has 6 heteroatoms. The first kappa shape index (κ1) is 10.9. The van der Waals surface area contributed by atoms with Crippen LogP contribution in [0.2, 0.25) is 0 Å². The molecule has 1 aromatic heterocycles. The van der Waals surface area contributed by atoms with E-state index in [4.69, 9.17) is 5.73 Å². The Morgan fingerprint density at radius 2 is 2.13 bits per heavy atom. The van der Waals surface area contributed by atoms with Crippen molar-refractivity contribution in [2.24, 2.45) is 5.73 Å². The van der Waals surface area contributed by atoms with E-state index in [2.05, 4.69) is 4.98 Å². The van der Waals surface area contributed by atoms with Gasteiger partial charge in [-0.15, -0.1) is 11.3 Å². The lowest BCUT2D eigenvalue weighted by Crippen LogP contribution is -2.14. The van der Waals surface area contributed by atoms with Crippen molar-refractivity contribution in [3.8, 4) is 0 Å². The summed E-state index contributed by atoms with van der Waals surface area (Å²) < 4.78 is 37.0. The van der Waals surface area contributed by atoms with E-state index in [0.29, 0.717) is 23.6 Å². The van der Waals surface area contributed by atoms with Gasteiger partial charge in [0.25, 0.3) is 0 Å². The molecule has 0 atom stereocenters. The molecule has 0 unspecified atom stereocenters. The van der Waals surface area contributed by atoms with E-state index in [0.717, 1.165) is 19.3 Å². The van der Waals surface area contributed by atoms with Gasteiger partial charge in [-0.3, -0.25) is 0 Å². The Bertz CT molecular complexity index is 354. The number of halogens is 3. The minimum absolute atomic E-state index is 0.144. The molecule has 0 saturated heterocycles. The van der Waals surface area contributed by atoms with E-state index in [1.54, 1.807) is 0 Å². The maximum Gasteiger partial charge on any atom is 0.443 e. The molecule has 1 aliphatic rings. The first-order valence-electron chi connectivity index (χ1n) is 4.71. The second kappa shape index (κ2) is 3.45. The van der Waals surface area contributed by atoms with Crippen molar-refractivity contribution < 1.29 is 13.2 Å². The van der Waals surface area contributed by atoms with Crippen LogP contribution in [0.25, 0.3) is 0 Å². The molecule has 0 spiro atoms. The lowest BCUT2D eigenvalue weighted by atomic mass is 9.99. The lowest BCUT2D eigenvalue weighted by molar-refractivity contribution is -0.137. The van der Waals surface area contributed by atoms with Gasteiger partial charge >= 0.3 is 6.18 Å². The number of alkyl halides is 3. The Balaban J connectivity index is 2.21. The van der Waals surface area contributed by atoms with Gasteiger partial charge in [0.1, 0.15) is 0 Å². The SMILES string of the molecule is NCCC1(c2csc(C(F)(F)F)n2)CC1. The fourth-order valence-electron chi connectivity index (χ4n) is 1.71. The Kier molecular flexibility index (Phi) is 2.50. The molecule has 0 aromatic carbocycles. The van der Waals surface area contributed by atoms with Crippen LogP contribution < -0.4 is 5.73 Å². The Hall–Kier alpha value is -0.620. The fraction of sp³-hybridized carbons (Fsp3) is 0.667. The van der Waals surface area contributed by atoms with Gasteiger partial charge in [0.15, 0.2) is 5.01 Å². The molecule has 1 aromatic rings. The molecule has 0 radical (unpaired) electrons. The summed E-state index contributed by atoms with van der Waals surface area (Å²) in [5, 5.41) is 0.770. The molecule has 15 heavy (non-hydrogen) atoms. The molecule has 84 valence electrons. The molecule has 1 saturated carbocycles. The number of hydrogen-bond acceptors (Lipinski definition) is 3. The van der Waals surface area contributed by atoms with Crippen molar-refractivity contribution in [2.75, 3.05) is 6.54 Å². The highest BCUT2D eigenvalue weighted by atomic mass is 32.1. The highest BCUT2D eigenvalue weighted by Gasteiger charge is 2.46. The summed E-state index contributed by atoms with van der Waals surface area (Å²) in [7, 11) is 0. The molecule has 2 nitrogen and oxygen atoms in total. The van der Waals surface area contributed by atoms with Gasteiger partial charge in [-0.2, -0.15) is 13.2 Å². The zero-order chi connectivity index (χ0) is 11.1. The lowest BCUT2D eigenvalue weighted by Gasteiger charge is -2.09. The quantitative estimate of drug-likeness (QED) is 0.875. The van der Waals surface area contributed by atoms with Crippen LogP contribution in [-0.4, -0.2) is 11.5 Å². The zero-order valence-corrected chi connectivity index (χ0v) is 8.79. The summed E-state index contributed by atoms with van der Waals surface area (Å²) in [5.41, 5.74) is 5.87. The summed E-state index contributed by atoms with van der Waals surface area (Å²) in [6.45, 7) is 0.499. The van der Waals surface area contributed by atoms with E-state index < -0.39 is 11.2 Å². The molecule has 1 aliphatic carbocycles. The molecular weight excluding hydrogens is 225 g/mol. The molecule has 2 rings (SSSR count). The first-order valence-corrected chi connectivity index (χ1v) is 5.59. The predicted octanol–water partition coefficient (Wildman–Crippen LogP) is 2.54. The molecular formula is C9H11F3N2S. The smallest absolute Gasteiger partial charge is 0.330 e. The van der Waals surface area contributed by atoms with Gasteiger partial charge in [-0.1, -0.05) is 0 Å². The van der Waals surface area contributed by atoms with Crippen molar-refractivity contribution >= 4 is 11.3 Å². The fourth-order valence-corrected chi connectivity index (χ4v) is 2.52. The molecule has 0 amide bonds. The van der Waals surface area contributed by atoms with Gasteiger partial charge in [0.2, 0.25) is 0 Å². The second-order valence-corrected chi connectivity index (χ2v) is 4.71. The minimum Gasteiger partial charge on any atom is -0.330 e. The number of hydrogen-bond donors (Lipinski definition) is 1. The molecule has 2 N–H and O–H groups in total. The van der Waals surface area contributed by atoms with Gasteiger partial charge < -0.3 is 5.73 Å². The number of rotatable bonds is 3. The summed E-state index contributed by atoms with van der Waals surface area (Å²) in [6, 6.07) is 0. The average molecular weight is 236 g/mol. The molecule has 0 bridgehead atoms. The van der Waals surface area contributed by atoms with Crippen LogP contribution in [0.3, 0.4) is 0 Å². The maximum absolute atomic E-state index is 12.3. The summed E-state index contributed by atoms with van der Waals surface area (Å²) in [5.74, 6) is 0. The topological polar surface area (TPSA) is 38.9 Å². The Morgan fingerprint density at radius 3 is 2.53 bits per heavy atom. The van der Waals surface area contributed by atoms with Crippen LogP contribution in [0, 0.1) is 0 Å². The van der Waals surface area contributed by atoms with Crippen molar-refractivity contribution in [1.29, 1.82) is 0 Å². The summed E-state index contributed by atoms with van der Waals surface area (Å²) in [4.78, 5) is 3.67. The van der Waals surface area contributed by atoms with Crippen LogP contribution >= 0.6 is 11.3 Å². The van der Waals surface area contributed by atoms with E-state index in [-0.39, 0.29) is 5.41 Å². The number of nitrogens with two attached hydrogens (primary N) is 1. The third kappa shape index (κ3) is 2.01. The van der Waals surface area contributed by atoms with E-state index in [1.165, 1.54) is 5.38 Å². The predicted molar refractivity (Wildman–Crippen MR) is 51.7 cm³/mol. The number of nitrogens with zero attached hydrogens (tertiary/aromatic N) is 1. The maximum atomic E-state index is 12.3. The van der Waals surface area contributed by atoms with Gasteiger partial charge in [-0.05, 0) is 25.8 Å². The minimum atomic E-state index is -4.32. The number of aromatic nitrogens is 1. The van der Waals surface area contributed by atoms with Gasteiger partial charge in [0, 0.05) is 10.8 Å². The summed E-state index contributed by atoms with van der Waals surface area (Å²) in [6.07, 6.45) is -1.77. The first-order chi connectivity index (χ1) is 6.98. The van der Waals surface area contributed by atoms with Crippen molar-refractivity contribution in [3.05, 3.63) is 16.1 Å². The third-order valence-corrected chi connectivity index (χ3v) is 3.65. The molecule has 1 heterocycles. The molecule has 1 fully saturated rings. The highest BCUT2D eigenvalue weighted by molar-refractivity contribution is 7.09. The zero-order valence-electron chi connectivity index (χ0n) is 7.97. The van der Waals surface area contributed by atoms with Crippen LogP contribution in [0.5, 0.6) is 0 Å². The van der Waals surface area contributed by atoms with Gasteiger partial charge in [-0.25, -0.2) is 4.98 Å². The van der Waals surface area contributed by atoms with E-state index in [1.807, 2.05) is 0 Å². The summed E-state index contributed by atoms with van der Waals surface area (Å²) >= 11 is 0.672. The number of thiazole rings is 1. The largest absolute Gasteiger partial charge is 0.443 e. The standard InChI is InChI=1S/C9H11F3N2S/c10-9(11,12)7-14-6(5-15-7)8(1-2-8)3-4-13/h5H,1-4,13H2.